The molecule has 20 heavy (non-hydrogen) atoms. The van der Waals surface area contributed by atoms with E-state index in [4.69, 9.17) is 9.47 Å². The van der Waals surface area contributed by atoms with Gasteiger partial charge in [-0.15, -0.1) is 6.58 Å². The number of rotatable bonds is 5. The zero-order valence-electron chi connectivity index (χ0n) is 11.3. The monoisotopic (exact) mass is 274 g/mol. The predicted molar refractivity (Wildman–Crippen MR) is 75.1 cm³/mol. The molecule has 0 bridgehead atoms. The molecule has 1 heterocycles. The number of amides is 2. The highest BCUT2D eigenvalue weighted by molar-refractivity contribution is 5.74. The molecule has 2 aliphatic rings. The quantitative estimate of drug-likeness (QED) is 0.807. The van der Waals surface area contributed by atoms with Gasteiger partial charge >= 0.3 is 6.03 Å². The first-order chi connectivity index (χ1) is 9.73. The molecule has 1 aromatic rings. The second kappa shape index (κ2) is 5.07. The van der Waals surface area contributed by atoms with Crippen LogP contribution in [0.3, 0.4) is 0 Å². The number of ether oxygens (including phenoxy) is 2. The van der Waals surface area contributed by atoms with Gasteiger partial charge in [-0.1, -0.05) is 12.1 Å². The fraction of sp³-hybridized carbons (Fsp3) is 0.400. The summed E-state index contributed by atoms with van der Waals surface area (Å²) in [5.74, 6) is 1.59. The van der Waals surface area contributed by atoms with Gasteiger partial charge in [-0.2, -0.15) is 0 Å². The zero-order chi connectivity index (χ0) is 14.0. The lowest BCUT2D eigenvalue weighted by molar-refractivity contribution is 0.174. The fourth-order valence-corrected chi connectivity index (χ4v) is 2.42. The van der Waals surface area contributed by atoms with E-state index in [1.807, 2.05) is 12.1 Å². The van der Waals surface area contributed by atoms with Crippen molar-refractivity contribution in [3.8, 4) is 11.5 Å². The average molecular weight is 274 g/mol. The molecule has 0 atom stereocenters. The van der Waals surface area contributed by atoms with E-state index in [2.05, 4.69) is 23.3 Å². The van der Waals surface area contributed by atoms with E-state index < -0.39 is 0 Å². The highest BCUT2D eigenvalue weighted by atomic mass is 16.7. The first-order valence-corrected chi connectivity index (χ1v) is 6.76. The fourth-order valence-electron chi connectivity index (χ4n) is 2.42. The molecule has 2 amide bonds. The summed E-state index contributed by atoms with van der Waals surface area (Å²) in [6, 6.07) is 5.87. The zero-order valence-corrected chi connectivity index (χ0v) is 11.3. The molecule has 1 fully saturated rings. The van der Waals surface area contributed by atoms with Crippen molar-refractivity contribution >= 4 is 6.03 Å². The molecular formula is C15H18N2O3. The van der Waals surface area contributed by atoms with E-state index in [1.54, 1.807) is 6.08 Å². The molecule has 0 unspecified atom stereocenters. The van der Waals surface area contributed by atoms with Gasteiger partial charge in [0.25, 0.3) is 0 Å². The van der Waals surface area contributed by atoms with Gasteiger partial charge in [-0.25, -0.2) is 4.79 Å². The van der Waals surface area contributed by atoms with E-state index in [9.17, 15) is 4.79 Å². The number of urea groups is 1. The van der Waals surface area contributed by atoms with Crippen molar-refractivity contribution in [2.24, 2.45) is 0 Å². The summed E-state index contributed by atoms with van der Waals surface area (Å²) in [6.07, 6.45) is 3.81. The van der Waals surface area contributed by atoms with Crippen molar-refractivity contribution in [1.29, 1.82) is 0 Å². The SMILES string of the molecule is C=CCNC(=O)NCC1(c2ccc3c(c2)OCO3)CC1. The number of carbonyl (C=O) groups is 1. The van der Waals surface area contributed by atoms with Crippen LogP contribution >= 0.6 is 0 Å². The van der Waals surface area contributed by atoms with Crippen molar-refractivity contribution in [3.63, 3.8) is 0 Å². The van der Waals surface area contributed by atoms with Crippen LogP contribution in [0.2, 0.25) is 0 Å². The van der Waals surface area contributed by atoms with Crippen molar-refractivity contribution < 1.29 is 14.3 Å². The third-order valence-corrected chi connectivity index (χ3v) is 3.83. The van der Waals surface area contributed by atoms with Gasteiger partial charge in [0.1, 0.15) is 0 Å². The van der Waals surface area contributed by atoms with Gasteiger partial charge in [-0.05, 0) is 30.5 Å². The molecule has 1 aliphatic heterocycles. The van der Waals surface area contributed by atoms with E-state index in [-0.39, 0.29) is 18.2 Å². The molecule has 3 rings (SSSR count). The van der Waals surface area contributed by atoms with Crippen molar-refractivity contribution in [2.45, 2.75) is 18.3 Å². The molecule has 1 aromatic carbocycles. The lowest BCUT2D eigenvalue weighted by Gasteiger charge is -2.17. The van der Waals surface area contributed by atoms with Crippen LogP contribution in [0, 0.1) is 0 Å². The van der Waals surface area contributed by atoms with Gasteiger partial charge < -0.3 is 20.1 Å². The Bertz CT molecular complexity index is 538. The van der Waals surface area contributed by atoms with Crippen LogP contribution in [0.4, 0.5) is 4.79 Å². The number of benzene rings is 1. The van der Waals surface area contributed by atoms with Gasteiger partial charge in [0.15, 0.2) is 11.5 Å². The van der Waals surface area contributed by atoms with Crippen molar-refractivity contribution in [3.05, 3.63) is 36.4 Å². The Hall–Kier alpha value is -2.17. The van der Waals surface area contributed by atoms with Gasteiger partial charge in [0.05, 0.1) is 0 Å². The van der Waals surface area contributed by atoms with Gasteiger partial charge in [-0.3, -0.25) is 0 Å². The molecule has 2 N–H and O–H groups in total. The topological polar surface area (TPSA) is 59.6 Å². The minimum Gasteiger partial charge on any atom is -0.454 e. The van der Waals surface area contributed by atoms with E-state index in [1.165, 1.54) is 5.56 Å². The Morgan fingerprint density at radius 3 is 2.85 bits per heavy atom. The lowest BCUT2D eigenvalue weighted by Crippen LogP contribution is -2.39. The van der Waals surface area contributed by atoms with Gasteiger partial charge in [0, 0.05) is 18.5 Å². The third kappa shape index (κ3) is 2.43. The van der Waals surface area contributed by atoms with Crippen molar-refractivity contribution in [1.82, 2.24) is 10.6 Å². The standard InChI is InChI=1S/C15H18N2O3/c1-2-7-16-14(18)17-9-15(5-6-15)11-3-4-12-13(8-11)20-10-19-12/h2-4,8H,1,5-7,9-10H2,(H2,16,17,18). The van der Waals surface area contributed by atoms with Crippen LogP contribution in [0.15, 0.2) is 30.9 Å². The summed E-state index contributed by atoms with van der Waals surface area (Å²) >= 11 is 0. The number of nitrogens with one attached hydrogen (secondary N) is 2. The smallest absolute Gasteiger partial charge is 0.315 e. The molecule has 5 heteroatoms. The van der Waals surface area contributed by atoms with Crippen LogP contribution in [0.5, 0.6) is 11.5 Å². The Labute approximate surface area is 118 Å². The minimum atomic E-state index is -0.156. The molecule has 0 spiro atoms. The Balaban J connectivity index is 1.64. The normalized spacial score (nSPS) is 17.4. The first-order valence-electron chi connectivity index (χ1n) is 6.76. The lowest BCUT2D eigenvalue weighted by atomic mass is 9.95. The summed E-state index contributed by atoms with van der Waals surface area (Å²) in [4.78, 5) is 11.6. The number of hydrogen-bond acceptors (Lipinski definition) is 3. The second-order valence-corrected chi connectivity index (χ2v) is 5.20. The maximum atomic E-state index is 11.6. The molecule has 0 radical (unpaired) electrons. The molecule has 106 valence electrons. The van der Waals surface area contributed by atoms with Crippen molar-refractivity contribution in [2.75, 3.05) is 19.9 Å². The summed E-state index contributed by atoms with van der Waals surface area (Å²) in [5.41, 5.74) is 1.25. The van der Waals surface area contributed by atoms with Crippen LogP contribution < -0.4 is 20.1 Å². The Morgan fingerprint density at radius 1 is 1.30 bits per heavy atom. The average Bonchev–Trinajstić information content (AvgIpc) is 3.12. The number of fused-ring (bicyclic) bond motifs is 1. The van der Waals surface area contributed by atoms with E-state index >= 15 is 0 Å². The summed E-state index contributed by atoms with van der Waals surface area (Å²) < 4.78 is 10.7. The summed E-state index contributed by atoms with van der Waals surface area (Å²) in [5, 5.41) is 5.63. The highest BCUT2D eigenvalue weighted by Gasteiger charge is 2.44. The first kappa shape index (κ1) is 12.8. The van der Waals surface area contributed by atoms with E-state index in [0.717, 1.165) is 24.3 Å². The van der Waals surface area contributed by atoms with Crippen LogP contribution in [-0.4, -0.2) is 25.9 Å². The minimum absolute atomic E-state index is 0.0481. The third-order valence-electron chi connectivity index (χ3n) is 3.83. The Kier molecular flexibility index (Phi) is 3.26. The van der Waals surface area contributed by atoms with Crippen LogP contribution in [-0.2, 0) is 5.41 Å². The van der Waals surface area contributed by atoms with E-state index in [0.29, 0.717) is 13.1 Å². The van der Waals surface area contributed by atoms with Crippen LogP contribution in [0.25, 0.3) is 0 Å². The molecule has 1 saturated carbocycles. The highest BCUT2D eigenvalue weighted by Crippen LogP contribution is 2.49. The maximum Gasteiger partial charge on any atom is 0.315 e. The number of hydrogen-bond donors (Lipinski definition) is 2. The number of carbonyl (C=O) groups excluding carboxylic acids is 1. The summed E-state index contributed by atoms with van der Waals surface area (Å²) in [7, 11) is 0. The largest absolute Gasteiger partial charge is 0.454 e. The summed E-state index contributed by atoms with van der Waals surface area (Å²) in [6.45, 7) is 4.96. The second-order valence-electron chi connectivity index (χ2n) is 5.20. The Morgan fingerprint density at radius 2 is 2.10 bits per heavy atom. The maximum absolute atomic E-state index is 11.6. The molecule has 5 nitrogen and oxygen atoms in total. The molecule has 0 aromatic heterocycles. The molecule has 0 saturated heterocycles. The predicted octanol–water partition coefficient (Wildman–Crippen LogP) is 1.93. The van der Waals surface area contributed by atoms with Crippen LogP contribution in [0.1, 0.15) is 18.4 Å². The molecule has 1 aliphatic carbocycles. The molecular weight excluding hydrogens is 256 g/mol. The van der Waals surface area contributed by atoms with Gasteiger partial charge in [0.2, 0.25) is 6.79 Å².